The van der Waals surface area contributed by atoms with Gasteiger partial charge in [-0.15, -0.1) is 0 Å². The monoisotopic (exact) mass is 393 g/mol. The van der Waals surface area contributed by atoms with Crippen molar-refractivity contribution in [2.24, 2.45) is 10.3 Å². The van der Waals surface area contributed by atoms with Gasteiger partial charge in [-0.2, -0.15) is 5.11 Å². The van der Waals surface area contributed by atoms with Crippen LogP contribution in [0.4, 0.5) is 11.4 Å². The molecule has 9 nitrogen and oxygen atoms in total. The minimum atomic E-state index is -0.937. The van der Waals surface area contributed by atoms with Crippen LogP contribution in [0.3, 0.4) is 0 Å². The summed E-state index contributed by atoms with van der Waals surface area (Å²) in [7, 11) is 1.54. The Kier molecular flexibility index (Phi) is 4.71. The van der Waals surface area contributed by atoms with Crippen molar-refractivity contribution in [3.05, 3.63) is 54.1 Å². The van der Waals surface area contributed by atoms with E-state index in [0.717, 1.165) is 10.5 Å². The van der Waals surface area contributed by atoms with Gasteiger partial charge in [-0.05, 0) is 31.2 Å². The molecule has 2 aromatic rings. The summed E-state index contributed by atoms with van der Waals surface area (Å²) in [5.74, 6) is -0.660. The fourth-order valence-electron chi connectivity index (χ4n) is 3.35. The van der Waals surface area contributed by atoms with E-state index >= 15 is 0 Å². The third-order valence-corrected chi connectivity index (χ3v) is 4.81. The van der Waals surface area contributed by atoms with Gasteiger partial charge in [0.1, 0.15) is 12.3 Å². The van der Waals surface area contributed by atoms with Crippen molar-refractivity contribution in [2.45, 2.75) is 19.0 Å². The minimum absolute atomic E-state index is 0.206. The minimum Gasteiger partial charge on any atom is -0.497 e. The third kappa shape index (κ3) is 3.42. The zero-order valence-electron chi connectivity index (χ0n) is 15.9. The fraction of sp³-hybridized carbons (Fsp3) is 0.250. The van der Waals surface area contributed by atoms with Crippen LogP contribution >= 0.6 is 0 Å². The predicted octanol–water partition coefficient (Wildman–Crippen LogP) is 1.94. The fourth-order valence-corrected chi connectivity index (χ4v) is 3.35. The Morgan fingerprint density at radius 2 is 1.90 bits per heavy atom. The number of anilines is 2. The average Bonchev–Trinajstić information content (AvgIpc) is 3.23. The molecule has 0 radical (unpaired) electrons. The molecule has 148 valence electrons. The first-order valence-corrected chi connectivity index (χ1v) is 9.04. The number of carbonyl (C=O) groups excluding carboxylic acids is 3. The van der Waals surface area contributed by atoms with Gasteiger partial charge in [-0.1, -0.05) is 29.0 Å². The molecule has 4 rings (SSSR count). The Hall–Kier alpha value is -3.75. The molecule has 3 amide bonds. The lowest BCUT2D eigenvalue weighted by Gasteiger charge is -2.20. The van der Waals surface area contributed by atoms with Crippen LogP contribution in [0.25, 0.3) is 0 Å². The first-order valence-electron chi connectivity index (χ1n) is 9.04. The molecule has 0 aliphatic carbocycles. The highest BCUT2D eigenvalue weighted by Gasteiger charge is 2.55. The van der Waals surface area contributed by atoms with Crippen LogP contribution in [-0.4, -0.2) is 48.5 Å². The normalized spacial score (nSPS) is 20.2. The number of nitrogens with one attached hydrogen (secondary N) is 1. The van der Waals surface area contributed by atoms with Crippen molar-refractivity contribution in [2.75, 3.05) is 23.9 Å². The van der Waals surface area contributed by atoms with Crippen molar-refractivity contribution in [3.8, 4) is 5.75 Å². The average molecular weight is 393 g/mol. The molecule has 0 unspecified atom stereocenters. The van der Waals surface area contributed by atoms with E-state index in [1.54, 1.807) is 36.4 Å². The van der Waals surface area contributed by atoms with E-state index in [4.69, 9.17) is 4.74 Å². The predicted molar refractivity (Wildman–Crippen MR) is 104 cm³/mol. The quantitative estimate of drug-likeness (QED) is 0.782. The molecule has 2 atom stereocenters. The molecule has 1 fully saturated rings. The summed E-state index contributed by atoms with van der Waals surface area (Å²) >= 11 is 0. The topological polar surface area (TPSA) is 104 Å². The molecule has 0 spiro atoms. The first-order chi connectivity index (χ1) is 14.0. The molecule has 0 aromatic heterocycles. The molecule has 0 saturated carbocycles. The highest BCUT2D eigenvalue weighted by Crippen LogP contribution is 2.31. The van der Waals surface area contributed by atoms with Gasteiger partial charge in [-0.25, -0.2) is 4.90 Å². The lowest BCUT2D eigenvalue weighted by molar-refractivity contribution is -0.123. The van der Waals surface area contributed by atoms with Gasteiger partial charge in [-0.3, -0.25) is 19.4 Å². The smallest absolute Gasteiger partial charge is 0.263 e. The lowest BCUT2D eigenvalue weighted by atomic mass is 10.1. The van der Waals surface area contributed by atoms with Crippen LogP contribution in [0, 0.1) is 6.92 Å². The summed E-state index contributed by atoms with van der Waals surface area (Å²) in [6, 6.07) is 12.1. The maximum atomic E-state index is 12.9. The number of fused-ring (bicyclic) bond motifs is 1. The van der Waals surface area contributed by atoms with Crippen molar-refractivity contribution in [1.82, 2.24) is 5.01 Å². The van der Waals surface area contributed by atoms with E-state index in [0.29, 0.717) is 17.1 Å². The number of aryl methyl sites for hydroxylation is 1. The van der Waals surface area contributed by atoms with Crippen molar-refractivity contribution in [3.63, 3.8) is 0 Å². The third-order valence-electron chi connectivity index (χ3n) is 4.81. The molecule has 2 heterocycles. The molecule has 2 aromatic carbocycles. The molecule has 0 bridgehead atoms. The van der Waals surface area contributed by atoms with E-state index in [9.17, 15) is 14.4 Å². The highest BCUT2D eigenvalue weighted by atomic mass is 16.5. The van der Waals surface area contributed by atoms with Crippen LogP contribution in [0.15, 0.2) is 58.9 Å². The molecular formula is C20H19N5O4. The standard InChI is InChI=1S/C20H19N5O4/c1-12-6-8-14(9-7-12)25-19(27)17-18(20(25)28)24(23-22-17)11-16(26)21-13-4-3-5-15(10-13)29-2/h3-10,17-18H,11H2,1-2H3,(H,21,26)/t17-,18+/m0/s1. The Morgan fingerprint density at radius 1 is 1.14 bits per heavy atom. The second-order valence-corrected chi connectivity index (χ2v) is 6.82. The number of nitrogens with zero attached hydrogens (tertiary/aromatic N) is 4. The second-order valence-electron chi connectivity index (χ2n) is 6.82. The molecule has 2 aliphatic rings. The van der Waals surface area contributed by atoms with Gasteiger partial charge in [0.15, 0.2) is 12.1 Å². The number of hydrogen-bond acceptors (Lipinski definition) is 7. The number of rotatable bonds is 5. The molecule has 29 heavy (non-hydrogen) atoms. The maximum Gasteiger partial charge on any atom is 0.263 e. The van der Waals surface area contributed by atoms with E-state index in [1.165, 1.54) is 12.1 Å². The van der Waals surface area contributed by atoms with E-state index in [2.05, 4.69) is 15.7 Å². The zero-order chi connectivity index (χ0) is 20.5. The highest BCUT2D eigenvalue weighted by molar-refractivity contribution is 6.25. The number of carbonyl (C=O) groups is 3. The molecule has 9 heteroatoms. The number of methoxy groups -OCH3 is 1. The van der Waals surface area contributed by atoms with Crippen LogP contribution in [0.2, 0.25) is 0 Å². The number of benzene rings is 2. The summed E-state index contributed by atoms with van der Waals surface area (Å²) < 4.78 is 5.13. The molecule has 1 N–H and O–H groups in total. The molecule has 2 aliphatic heterocycles. The SMILES string of the molecule is COc1cccc(NC(=O)CN2N=N[C@@H]3C(=O)N(c4ccc(C)cc4)C(=O)[C@@H]32)c1. The van der Waals surface area contributed by atoms with Crippen LogP contribution in [-0.2, 0) is 14.4 Å². The summed E-state index contributed by atoms with van der Waals surface area (Å²) in [6.07, 6.45) is 0. The Labute approximate surface area is 166 Å². The van der Waals surface area contributed by atoms with Crippen molar-refractivity contribution < 1.29 is 19.1 Å². The number of amides is 3. The van der Waals surface area contributed by atoms with Gasteiger partial charge in [0.25, 0.3) is 11.8 Å². The van der Waals surface area contributed by atoms with Crippen LogP contribution < -0.4 is 15.0 Å². The van der Waals surface area contributed by atoms with E-state index in [1.807, 2.05) is 19.1 Å². The van der Waals surface area contributed by atoms with Crippen LogP contribution in [0.5, 0.6) is 5.75 Å². The first kappa shape index (κ1) is 18.6. The van der Waals surface area contributed by atoms with Gasteiger partial charge < -0.3 is 10.1 Å². The van der Waals surface area contributed by atoms with Crippen molar-refractivity contribution in [1.29, 1.82) is 0 Å². The Balaban J connectivity index is 1.47. The maximum absolute atomic E-state index is 12.9. The van der Waals surface area contributed by atoms with Crippen molar-refractivity contribution >= 4 is 29.1 Å². The summed E-state index contributed by atoms with van der Waals surface area (Å²) in [5, 5.41) is 11.8. The van der Waals surface area contributed by atoms with Gasteiger partial charge >= 0.3 is 0 Å². The van der Waals surface area contributed by atoms with Crippen LogP contribution in [0.1, 0.15) is 5.56 Å². The zero-order valence-corrected chi connectivity index (χ0v) is 15.9. The van der Waals surface area contributed by atoms with Gasteiger partial charge in [0.2, 0.25) is 5.91 Å². The summed E-state index contributed by atoms with van der Waals surface area (Å²) in [4.78, 5) is 39.1. The molecular weight excluding hydrogens is 374 g/mol. The second kappa shape index (κ2) is 7.34. The van der Waals surface area contributed by atoms with Gasteiger partial charge in [0.05, 0.1) is 12.8 Å². The largest absolute Gasteiger partial charge is 0.497 e. The number of ether oxygens (including phenoxy) is 1. The Morgan fingerprint density at radius 3 is 2.62 bits per heavy atom. The van der Waals surface area contributed by atoms with E-state index < -0.39 is 23.9 Å². The lowest BCUT2D eigenvalue weighted by Crippen LogP contribution is -2.43. The number of hydrogen-bond donors (Lipinski definition) is 1. The van der Waals surface area contributed by atoms with E-state index in [-0.39, 0.29) is 12.5 Å². The Bertz CT molecular complexity index is 1000. The summed E-state index contributed by atoms with van der Waals surface area (Å²) in [5.41, 5.74) is 2.05. The number of imide groups is 1. The molecule has 1 saturated heterocycles. The van der Waals surface area contributed by atoms with Gasteiger partial charge in [0, 0.05) is 11.8 Å². The summed E-state index contributed by atoms with van der Waals surface area (Å²) in [6.45, 7) is 1.71.